The van der Waals surface area contributed by atoms with Crippen molar-refractivity contribution in [3.8, 4) is 5.75 Å². The number of halogens is 1. The molecule has 0 unspecified atom stereocenters. The summed E-state index contributed by atoms with van der Waals surface area (Å²) in [6.07, 6.45) is 1.54. The first-order chi connectivity index (χ1) is 13.1. The topological polar surface area (TPSA) is 57.0 Å². The number of rotatable bonds is 5. The molecule has 0 aliphatic heterocycles. The molecular formula is C20H16ClN3O2S. The second-order valence-corrected chi connectivity index (χ2v) is 7.55. The highest BCUT2D eigenvalue weighted by Crippen LogP contribution is 2.17. The number of ether oxygens (including phenoxy) is 1. The lowest BCUT2D eigenvalue weighted by Crippen LogP contribution is -2.21. The number of nitrogens with zero attached hydrogens (tertiary/aromatic N) is 3. The minimum Gasteiger partial charge on any atom is -0.486 e. The van der Waals surface area contributed by atoms with Crippen molar-refractivity contribution in [2.24, 2.45) is 0 Å². The standard InChI is InChI=1S/C20H16ClN3O2S/c1-13-2-5-16(6-3-13)26-10-19-23-15(11-27-19)9-24-12-22-18-7-4-14(21)8-17(18)20(24)25/h2-8,11-12H,9-10H2,1H3. The van der Waals surface area contributed by atoms with E-state index >= 15 is 0 Å². The zero-order valence-corrected chi connectivity index (χ0v) is 16.1. The highest BCUT2D eigenvalue weighted by atomic mass is 35.5. The molecule has 0 fully saturated rings. The fraction of sp³-hybridized carbons (Fsp3) is 0.150. The molecule has 136 valence electrons. The maximum absolute atomic E-state index is 12.6. The molecule has 4 rings (SSSR count). The Morgan fingerprint density at radius 2 is 2.00 bits per heavy atom. The summed E-state index contributed by atoms with van der Waals surface area (Å²) >= 11 is 7.51. The number of aryl methyl sites for hydroxylation is 1. The van der Waals surface area contributed by atoms with Gasteiger partial charge in [-0.25, -0.2) is 9.97 Å². The maximum atomic E-state index is 12.6. The van der Waals surface area contributed by atoms with E-state index in [2.05, 4.69) is 9.97 Å². The van der Waals surface area contributed by atoms with Crippen LogP contribution in [0.25, 0.3) is 10.9 Å². The average molecular weight is 398 g/mol. The molecule has 0 radical (unpaired) electrons. The second kappa shape index (κ2) is 7.50. The van der Waals surface area contributed by atoms with Gasteiger partial charge in [0.2, 0.25) is 0 Å². The lowest BCUT2D eigenvalue weighted by molar-refractivity contribution is 0.305. The zero-order chi connectivity index (χ0) is 18.8. The minimum atomic E-state index is -0.132. The van der Waals surface area contributed by atoms with E-state index in [4.69, 9.17) is 16.3 Å². The third-order valence-corrected chi connectivity index (χ3v) is 5.21. The van der Waals surface area contributed by atoms with Crippen molar-refractivity contribution in [1.29, 1.82) is 0 Å². The van der Waals surface area contributed by atoms with E-state index in [1.807, 2.05) is 36.6 Å². The Morgan fingerprint density at radius 3 is 2.81 bits per heavy atom. The van der Waals surface area contributed by atoms with Crippen LogP contribution in [0.15, 0.2) is 59.0 Å². The molecule has 4 aromatic rings. The van der Waals surface area contributed by atoms with Gasteiger partial charge in [0.15, 0.2) is 0 Å². The second-order valence-electron chi connectivity index (χ2n) is 6.17. The summed E-state index contributed by atoms with van der Waals surface area (Å²) in [6.45, 7) is 2.79. The summed E-state index contributed by atoms with van der Waals surface area (Å²) in [7, 11) is 0. The van der Waals surface area contributed by atoms with E-state index in [9.17, 15) is 4.79 Å². The third-order valence-electron chi connectivity index (χ3n) is 4.10. The number of hydrogen-bond acceptors (Lipinski definition) is 5. The quantitative estimate of drug-likeness (QED) is 0.499. The monoisotopic (exact) mass is 397 g/mol. The predicted octanol–water partition coefficient (Wildman–Crippen LogP) is 4.44. The molecule has 27 heavy (non-hydrogen) atoms. The molecule has 0 bridgehead atoms. The van der Waals surface area contributed by atoms with Crippen LogP contribution in [0.1, 0.15) is 16.3 Å². The summed E-state index contributed by atoms with van der Waals surface area (Å²) in [6, 6.07) is 13.0. The number of thiazole rings is 1. The largest absolute Gasteiger partial charge is 0.486 e. The van der Waals surface area contributed by atoms with Crippen LogP contribution in [0.3, 0.4) is 0 Å². The molecule has 7 heteroatoms. The molecule has 0 spiro atoms. The van der Waals surface area contributed by atoms with Gasteiger partial charge in [-0.3, -0.25) is 9.36 Å². The third kappa shape index (κ3) is 4.02. The van der Waals surface area contributed by atoms with Crippen LogP contribution in [-0.4, -0.2) is 14.5 Å². The van der Waals surface area contributed by atoms with Crippen LogP contribution in [0.4, 0.5) is 0 Å². The summed E-state index contributed by atoms with van der Waals surface area (Å²) in [5.41, 5.74) is 2.49. The lowest BCUT2D eigenvalue weighted by atomic mass is 10.2. The molecule has 0 aliphatic rings. The molecule has 0 saturated carbocycles. The van der Waals surface area contributed by atoms with Crippen molar-refractivity contribution in [2.75, 3.05) is 0 Å². The van der Waals surface area contributed by atoms with Crippen LogP contribution in [-0.2, 0) is 13.2 Å². The molecule has 0 atom stereocenters. The van der Waals surface area contributed by atoms with Gasteiger partial charge in [0.1, 0.15) is 17.4 Å². The Morgan fingerprint density at radius 1 is 1.19 bits per heavy atom. The van der Waals surface area contributed by atoms with Crippen molar-refractivity contribution in [3.63, 3.8) is 0 Å². The molecular weight excluding hydrogens is 382 g/mol. The molecule has 2 aromatic heterocycles. The van der Waals surface area contributed by atoms with Gasteiger partial charge in [-0.1, -0.05) is 29.3 Å². The Kier molecular flexibility index (Phi) is 4.92. The predicted molar refractivity (Wildman–Crippen MR) is 108 cm³/mol. The lowest BCUT2D eigenvalue weighted by Gasteiger charge is -2.05. The Hall–Kier alpha value is -2.70. The molecule has 0 N–H and O–H groups in total. The smallest absolute Gasteiger partial charge is 0.261 e. The van der Waals surface area contributed by atoms with Gasteiger partial charge in [-0.2, -0.15) is 0 Å². The Bertz CT molecular complexity index is 1150. The fourth-order valence-corrected chi connectivity index (χ4v) is 3.55. The highest BCUT2D eigenvalue weighted by molar-refractivity contribution is 7.09. The SMILES string of the molecule is Cc1ccc(OCc2nc(Cn3cnc4ccc(Cl)cc4c3=O)cs2)cc1. The van der Waals surface area contributed by atoms with Gasteiger partial charge < -0.3 is 4.74 Å². The normalized spacial score (nSPS) is 11.0. The maximum Gasteiger partial charge on any atom is 0.261 e. The van der Waals surface area contributed by atoms with E-state index in [1.165, 1.54) is 16.9 Å². The van der Waals surface area contributed by atoms with Crippen molar-refractivity contribution < 1.29 is 4.74 Å². The van der Waals surface area contributed by atoms with E-state index in [1.54, 1.807) is 29.1 Å². The van der Waals surface area contributed by atoms with E-state index in [-0.39, 0.29) is 5.56 Å². The van der Waals surface area contributed by atoms with Crippen LogP contribution < -0.4 is 10.3 Å². The first kappa shape index (κ1) is 17.7. The van der Waals surface area contributed by atoms with Gasteiger partial charge in [0.25, 0.3) is 5.56 Å². The minimum absolute atomic E-state index is 0.132. The van der Waals surface area contributed by atoms with Crippen LogP contribution >= 0.6 is 22.9 Å². The van der Waals surface area contributed by atoms with Crippen molar-refractivity contribution in [1.82, 2.24) is 14.5 Å². The van der Waals surface area contributed by atoms with Crippen LogP contribution in [0.2, 0.25) is 5.02 Å². The number of benzene rings is 2. The highest BCUT2D eigenvalue weighted by Gasteiger charge is 2.08. The van der Waals surface area contributed by atoms with E-state index in [0.29, 0.717) is 29.1 Å². The number of fused-ring (bicyclic) bond motifs is 1. The van der Waals surface area contributed by atoms with Gasteiger partial charge in [0.05, 0.1) is 29.5 Å². The van der Waals surface area contributed by atoms with Gasteiger partial charge in [0, 0.05) is 10.4 Å². The van der Waals surface area contributed by atoms with E-state index in [0.717, 1.165) is 16.5 Å². The van der Waals surface area contributed by atoms with Gasteiger partial charge in [-0.15, -0.1) is 11.3 Å². The molecule has 5 nitrogen and oxygen atoms in total. The zero-order valence-electron chi connectivity index (χ0n) is 14.6. The van der Waals surface area contributed by atoms with Crippen molar-refractivity contribution in [3.05, 3.63) is 85.8 Å². The molecule has 2 aromatic carbocycles. The first-order valence-electron chi connectivity index (χ1n) is 8.36. The average Bonchev–Trinajstić information content (AvgIpc) is 3.11. The van der Waals surface area contributed by atoms with Gasteiger partial charge >= 0.3 is 0 Å². The fourth-order valence-electron chi connectivity index (χ4n) is 2.69. The number of hydrogen-bond donors (Lipinski definition) is 0. The molecule has 0 saturated heterocycles. The summed E-state index contributed by atoms with van der Waals surface area (Å²) in [5.74, 6) is 0.809. The summed E-state index contributed by atoms with van der Waals surface area (Å²) in [5, 5.41) is 3.81. The van der Waals surface area contributed by atoms with Crippen LogP contribution in [0, 0.1) is 6.92 Å². The van der Waals surface area contributed by atoms with Crippen LogP contribution in [0.5, 0.6) is 5.75 Å². The van der Waals surface area contributed by atoms with Crippen molar-refractivity contribution >= 4 is 33.8 Å². The number of aromatic nitrogens is 3. The summed E-state index contributed by atoms with van der Waals surface area (Å²) < 4.78 is 7.30. The summed E-state index contributed by atoms with van der Waals surface area (Å²) in [4.78, 5) is 21.5. The van der Waals surface area contributed by atoms with Crippen molar-refractivity contribution in [2.45, 2.75) is 20.1 Å². The first-order valence-corrected chi connectivity index (χ1v) is 9.62. The Labute approximate surface area is 164 Å². The van der Waals surface area contributed by atoms with E-state index < -0.39 is 0 Å². The Balaban J connectivity index is 1.49. The molecule has 0 aliphatic carbocycles. The molecule has 2 heterocycles. The molecule has 0 amide bonds. The van der Waals surface area contributed by atoms with Gasteiger partial charge in [-0.05, 0) is 37.3 Å².